The van der Waals surface area contributed by atoms with Crippen molar-refractivity contribution in [1.29, 1.82) is 5.26 Å². The highest BCUT2D eigenvalue weighted by atomic mass is 32.1. The molecule has 1 amide bonds. The number of thiazole rings is 1. The lowest BCUT2D eigenvalue weighted by atomic mass is 10.1. The monoisotopic (exact) mass is 315 g/mol. The second-order valence-corrected chi connectivity index (χ2v) is 5.02. The average Bonchev–Trinajstić information content (AvgIpc) is 3.01. The highest BCUT2D eigenvalue weighted by Crippen LogP contribution is 2.27. The van der Waals surface area contributed by atoms with Crippen LogP contribution in [0.5, 0.6) is 11.5 Å². The molecule has 112 valence electrons. The number of rotatable bonds is 5. The molecule has 0 aliphatic heterocycles. The fourth-order valence-electron chi connectivity index (χ4n) is 1.66. The first-order valence-electron chi connectivity index (χ1n) is 6.42. The van der Waals surface area contributed by atoms with Gasteiger partial charge < -0.3 is 9.84 Å². The Balaban J connectivity index is 2.23. The number of aromatic hydroxyl groups is 1. The van der Waals surface area contributed by atoms with E-state index >= 15 is 0 Å². The number of anilines is 1. The molecule has 0 bridgehead atoms. The lowest BCUT2D eigenvalue weighted by molar-refractivity contribution is -0.112. The number of aromatic nitrogens is 1. The van der Waals surface area contributed by atoms with E-state index in [1.54, 1.807) is 30.6 Å². The van der Waals surface area contributed by atoms with E-state index in [2.05, 4.69) is 10.3 Å². The third-order valence-corrected chi connectivity index (χ3v) is 3.30. The van der Waals surface area contributed by atoms with Crippen LogP contribution in [0.1, 0.15) is 12.5 Å². The standard InChI is InChI=1S/C15H13N3O3S/c1-2-21-13-8-10(3-4-12(13)19)7-11(9-16)14(20)18-15-17-5-6-22-15/h3-8,19H,2H2,1H3,(H,17,18,20)/b11-7+. The van der Waals surface area contributed by atoms with E-state index in [9.17, 15) is 9.90 Å². The minimum Gasteiger partial charge on any atom is -0.504 e. The first kappa shape index (κ1) is 15.5. The van der Waals surface area contributed by atoms with E-state index in [4.69, 9.17) is 10.00 Å². The number of nitrogens with one attached hydrogen (secondary N) is 1. The van der Waals surface area contributed by atoms with Crippen LogP contribution in [-0.4, -0.2) is 22.6 Å². The normalized spacial score (nSPS) is 10.8. The number of phenolic OH excluding ortho intramolecular Hbond substituents is 1. The largest absolute Gasteiger partial charge is 0.504 e. The summed E-state index contributed by atoms with van der Waals surface area (Å²) in [6, 6.07) is 6.45. The van der Waals surface area contributed by atoms with Gasteiger partial charge in [0.2, 0.25) is 0 Å². The second kappa shape index (κ2) is 7.24. The molecule has 6 nitrogen and oxygen atoms in total. The molecular formula is C15H13N3O3S. The van der Waals surface area contributed by atoms with Crippen molar-refractivity contribution in [1.82, 2.24) is 4.98 Å². The molecule has 0 aliphatic carbocycles. The maximum Gasteiger partial charge on any atom is 0.268 e. The van der Waals surface area contributed by atoms with Crippen molar-refractivity contribution in [3.05, 3.63) is 40.9 Å². The van der Waals surface area contributed by atoms with Gasteiger partial charge in [-0.3, -0.25) is 10.1 Å². The van der Waals surface area contributed by atoms with Gasteiger partial charge in [-0.1, -0.05) is 6.07 Å². The lowest BCUT2D eigenvalue weighted by Gasteiger charge is -2.06. The van der Waals surface area contributed by atoms with Crippen molar-refractivity contribution < 1.29 is 14.6 Å². The quantitative estimate of drug-likeness (QED) is 0.653. The predicted molar refractivity (Wildman–Crippen MR) is 83.6 cm³/mol. The Morgan fingerprint density at radius 3 is 3.05 bits per heavy atom. The summed E-state index contributed by atoms with van der Waals surface area (Å²) in [7, 11) is 0. The van der Waals surface area contributed by atoms with Gasteiger partial charge in [0.05, 0.1) is 6.61 Å². The number of carbonyl (C=O) groups excluding carboxylic acids is 1. The summed E-state index contributed by atoms with van der Waals surface area (Å²) in [4.78, 5) is 15.9. The Hall–Kier alpha value is -2.85. The lowest BCUT2D eigenvalue weighted by Crippen LogP contribution is -2.13. The van der Waals surface area contributed by atoms with Crippen LogP contribution in [0.25, 0.3) is 6.08 Å². The molecule has 0 unspecified atom stereocenters. The van der Waals surface area contributed by atoms with Crippen LogP contribution < -0.4 is 10.1 Å². The van der Waals surface area contributed by atoms with Gasteiger partial charge in [0.15, 0.2) is 16.6 Å². The zero-order valence-electron chi connectivity index (χ0n) is 11.7. The van der Waals surface area contributed by atoms with E-state index in [1.807, 2.05) is 6.07 Å². The van der Waals surface area contributed by atoms with Gasteiger partial charge in [-0.05, 0) is 30.7 Å². The molecule has 0 aliphatic rings. The molecule has 7 heteroatoms. The van der Waals surface area contributed by atoms with Crippen LogP contribution in [0.3, 0.4) is 0 Å². The van der Waals surface area contributed by atoms with Gasteiger partial charge in [0.25, 0.3) is 5.91 Å². The van der Waals surface area contributed by atoms with Crippen molar-refractivity contribution in [3.8, 4) is 17.6 Å². The first-order valence-corrected chi connectivity index (χ1v) is 7.30. The Labute approximate surface area is 131 Å². The van der Waals surface area contributed by atoms with E-state index in [0.717, 1.165) is 0 Å². The van der Waals surface area contributed by atoms with Crippen LogP contribution in [0, 0.1) is 11.3 Å². The summed E-state index contributed by atoms with van der Waals surface area (Å²) in [5.41, 5.74) is 0.510. The minimum atomic E-state index is -0.538. The Kier molecular flexibility index (Phi) is 5.11. The third-order valence-electron chi connectivity index (χ3n) is 2.61. The summed E-state index contributed by atoms with van der Waals surface area (Å²) in [6.07, 6.45) is 2.98. The topological polar surface area (TPSA) is 95.2 Å². The van der Waals surface area contributed by atoms with E-state index in [-0.39, 0.29) is 11.3 Å². The van der Waals surface area contributed by atoms with Crippen LogP contribution in [0.4, 0.5) is 5.13 Å². The second-order valence-electron chi connectivity index (χ2n) is 4.12. The zero-order chi connectivity index (χ0) is 15.9. The number of hydrogen-bond acceptors (Lipinski definition) is 6. The number of benzene rings is 1. The SMILES string of the molecule is CCOc1cc(/C=C(\C#N)C(=O)Nc2nccs2)ccc1O. The third kappa shape index (κ3) is 3.84. The molecule has 1 aromatic carbocycles. The highest BCUT2D eigenvalue weighted by Gasteiger charge is 2.11. The van der Waals surface area contributed by atoms with Gasteiger partial charge in [-0.2, -0.15) is 5.26 Å². The first-order chi connectivity index (χ1) is 10.6. The summed E-state index contributed by atoms with van der Waals surface area (Å²) in [6.45, 7) is 2.19. The Bertz CT molecular complexity index is 733. The van der Waals surface area contributed by atoms with Crippen molar-refractivity contribution in [3.63, 3.8) is 0 Å². The fraction of sp³-hybridized carbons (Fsp3) is 0.133. The summed E-state index contributed by atoms with van der Waals surface area (Å²) < 4.78 is 5.27. The smallest absolute Gasteiger partial charge is 0.268 e. The minimum absolute atomic E-state index is 0.00439. The van der Waals surface area contributed by atoms with Crippen LogP contribution in [0.15, 0.2) is 35.3 Å². The summed E-state index contributed by atoms with van der Waals surface area (Å²) >= 11 is 1.26. The van der Waals surface area contributed by atoms with Gasteiger partial charge in [-0.25, -0.2) is 4.98 Å². The molecule has 0 saturated heterocycles. The molecule has 0 saturated carbocycles. The van der Waals surface area contributed by atoms with Crippen molar-refractivity contribution >= 4 is 28.5 Å². The van der Waals surface area contributed by atoms with E-state index < -0.39 is 5.91 Å². The number of hydrogen-bond donors (Lipinski definition) is 2. The van der Waals surface area contributed by atoms with Crippen LogP contribution in [-0.2, 0) is 4.79 Å². The number of phenols is 1. The maximum absolute atomic E-state index is 12.0. The molecule has 2 aromatic rings. The summed E-state index contributed by atoms with van der Waals surface area (Å²) in [5.74, 6) is -0.234. The molecule has 1 heterocycles. The number of amides is 1. The predicted octanol–water partition coefficient (Wildman–Crippen LogP) is 2.79. The van der Waals surface area contributed by atoms with Gasteiger partial charge in [0.1, 0.15) is 11.6 Å². The van der Waals surface area contributed by atoms with Crippen molar-refractivity contribution in [2.75, 3.05) is 11.9 Å². The molecule has 2 rings (SSSR count). The molecule has 22 heavy (non-hydrogen) atoms. The Morgan fingerprint density at radius 2 is 2.41 bits per heavy atom. The molecule has 0 radical (unpaired) electrons. The van der Waals surface area contributed by atoms with Gasteiger partial charge >= 0.3 is 0 Å². The van der Waals surface area contributed by atoms with Crippen LogP contribution in [0.2, 0.25) is 0 Å². The number of carbonyl (C=O) groups is 1. The van der Waals surface area contributed by atoms with Gasteiger partial charge in [-0.15, -0.1) is 11.3 Å². The molecule has 0 fully saturated rings. The van der Waals surface area contributed by atoms with Crippen molar-refractivity contribution in [2.45, 2.75) is 6.92 Å². The highest BCUT2D eigenvalue weighted by molar-refractivity contribution is 7.13. The molecule has 0 atom stereocenters. The molecule has 1 aromatic heterocycles. The molecule has 0 spiro atoms. The molecule has 2 N–H and O–H groups in total. The van der Waals surface area contributed by atoms with E-state index in [1.165, 1.54) is 23.5 Å². The number of nitrogens with zero attached hydrogens (tertiary/aromatic N) is 2. The van der Waals surface area contributed by atoms with E-state index in [0.29, 0.717) is 23.1 Å². The fourth-order valence-corrected chi connectivity index (χ4v) is 2.18. The van der Waals surface area contributed by atoms with Crippen LogP contribution >= 0.6 is 11.3 Å². The number of nitriles is 1. The average molecular weight is 315 g/mol. The Morgan fingerprint density at radius 1 is 1.59 bits per heavy atom. The van der Waals surface area contributed by atoms with Crippen molar-refractivity contribution in [2.24, 2.45) is 0 Å². The number of ether oxygens (including phenoxy) is 1. The van der Waals surface area contributed by atoms with Gasteiger partial charge in [0, 0.05) is 11.6 Å². The maximum atomic E-state index is 12.0. The summed E-state index contributed by atoms with van der Waals surface area (Å²) in [5, 5.41) is 23.5. The zero-order valence-corrected chi connectivity index (χ0v) is 12.6. The molecular weight excluding hydrogens is 302 g/mol.